The number of hydrogen-bond acceptors (Lipinski definition) is 4. The van der Waals surface area contributed by atoms with Crippen LogP contribution in [0, 0.1) is 31.6 Å². The molecule has 222 valence electrons. The van der Waals surface area contributed by atoms with Gasteiger partial charge in [0.05, 0.1) is 7.11 Å². The zero-order chi connectivity index (χ0) is 30.7. The van der Waals surface area contributed by atoms with Crippen LogP contribution in [0.15, 0.2) is 18.0 Å². The van der Waals surface area contributed by atoms with Gasteiger partial charge in [-0.1, -0.05) is 80.3 Å². The Morgan fingerprint density at radius 1 is 1.00 bits per heavy atom. The minimum Gasteiger partial charge on any atom is -0.664 e. The van der Waals surface area contributed by atoms with Crippen LogP contribution in [-0.2, 0) is 16.0 Å². The van der Waals surface area contributed by atoms with E-state index in [1.165, 1.54) is 7.11 Å². The van der Waals surface area contributed by atoms with Gasteiger partial charge in [0.2, 0.25) is 0 Å². The molecule has 9 heteroatoms. The number of aromatic nitrogens is 3. The number of hydrogen-bond donors (Lipinski definition) is 0. The van der Waals surface area contributed by atoms with Crippen LogP contribution in [0.25, 0.3) is 35.2 Å². The van der Waals surface area contributed by atoms with Gasteiger partial charge in [0.1, 0.15) is 12.2 Å². The van der Waals surface area contributed by atoms with Crippen molar-refractivity contribution < 1.29 is 19.1 Å². The molecule has 3 atom stereocenters. The molecule has 5 heterocycles. The molecule has 0 N–H and O–H groups in total. The Morgan fingerprint density at radius 2 is 1.70 bits per heavy atom. The average molecular weight is 599 g/mol. The zero-order valence-corrected chi connectivity index (χ0v) is 27.5. The summed E-state index contributed by atoms with van der Waals surface area (Å²) in [5, 5.41) is 6.28. The number of esters is 1. The topological polar surface area (TPSA) is 117 Å². The number of rotatable bonds is 6. The van der Waals surface area contributed by atoms with Crippen LogP contribution in [0.4, 0.5) is 0 Å². The summed E-state index contributed by atoms with van der Waals surface area (Å²) in [5.74, 6) is -2.06. The number of methoxy groups -OCH3 is 1. The van der Waals surface area contributed by atoms with Crippen molar-refractivity contribution in [3.05, 3.63) is 90.1 Å². The molecule has 0 spiro atoms. The summed E-state index contributed by atoms with van der Waals surface area (Å²) in [5.41, 5.74) is 8.74. The summed E-state index contributed by atoms with van der Waals surface area (Å²) >= 11 is 0. The third-order valence-electron chi connectivity index (χ3n) is 9.23. The maximum Gasteiger partial charge on any atom is 2.00 e. The summed E-state index contributed by atoms with van der Waals surface area (Å²) < 4.78 is 5.15. The van der Waals surface area contributed by atoms with Crippen molar-refractivity contribution in [3.63, 3.8) is 0 Å². The molecule has 44 heavy (non-hydrogen) atoms. The average Bonchev–Trinajstić information content (AvgIpc) is 3.74. The number of aldehydes is 1. The second kappa shape index (κ2) is 11.9. The van der Waals surface area contributed by atoms with Crippen LogP contribution in [0.1, 0.15) is 99.4 Å². The molecule has 2 aliphatic heterocycles. The molecule has 3 aromatic rings. The number of ketones is 1. The van der Waals surface area contributed by atoms with Crippen LogP contribution in [0.3, 0.4) is 0 Å². The third-order valence-corrected chi connectivity index (χ3v) is 9.23. The third kappa shape index (κ3) is 4.59. The van der Waals surface area contributed by atoms with Crippen LogP contribution in [-0.4, -0.2) is 48.2 Å². The first-order valence-corrected chi connectivity index (χ1v) is 14.8. The van der Waals surface area contributed by atoms with Gasteiger partial charge in [0, 0.05) is 11.1 Å². The molecular weight excluding hydrogens is 565 g/mol. The molecule has 0 amide bonds. The molecule has 0 saturated carbocycles. The van der Waals surface area contributed by atoms with Crippen molar-refractivity contribution in [1.29, 1.82) is 0 Å². The molecule has 1 aliphatic carbocycles. The second-order valence-electron chi connectivity index (χ2n) is 11.5. The number of Topliss-reactive ketones (excluding diaryl/α,β-unsaturated/α-hetero) is 1. The summed E-state index contributed by atoms with van der Waals surface area (Å²) in [6.07, 6.45) is 10.6. The van der Waals surface area contributed by atoms with Gasteiger partial charge in [-0.05, 0) is 44.1 Å². The minimum absolute atomic E-state index is 0. The first kappa shape index (κ1) is 31.6. The van der Waals surface area contributed by atoms with Crippen LogP contribution in [0.2, 0.25) is 0 Å². The first-order valence-electron chi connectivity index (χ1n) is 14.8. The standard InChI is InChI=1S/C35H35N4O4.Mg/c1-8-11-21-17(5)24-12-23-16(4)19(9-2)26(36-23)14-28-22(15-40)20(10-3)27(37-28)13-25-18(6)29-33(39-25)30(32(21)38-24)31(34(29)41)35(42)43-7;/h9,12-15,17,21,31H,2,8,10-11H2,1,3-7H3,(H-,38,39,40,41);/q-3;+2/p-1/b24-12-,28-14-;/t17-,21-,31+;/m0./s1. The Labute approximate surface area is 273 Å². The molecule has 8 nitrogen and oxygen atoms in total. The normalized spacial score (nSPS) is 24.3. The largest absolute Gasteiger partial charge is 2.00 e. The molecular formula is C35H34MgN4O4-2. The van der Waals surface area contributed by atoms with Crippen molar-refractivity contribution in [2.75, 3.05) is 7.11 Å². The van der Waals surface area contributed by atoms with Gasteiger partial charge in [-0.15, -0.1) is 33.5 Å². The Hall–Kier alpha value is -3.82. The Balaban J connectivity index is 0.00000384. The van der Waals surface area contributed by atoms with E-state index in [2.05, 4.69) is 20.4 Å². The molecule has 0 aromatic carbocycles. The summed E-state index contributed by atoms with van der Waals surface area (Å²) in [6, 6.07) is 0. The fourth-order valence-electron chi connectivity index (χ4n) is 6.91. The monoisotopic (exact) mass is 598 g/mol. The van der Waals surface area contributed by atoms with E-state index in [0.717, 1.165) is 47.2 Å². The van der Waals surface area contributed by atoms with E-state index in [9.17, 15) is 14.4 Å². The number of ether oxygens (including phenoxy) is 1. The van der Waals surface area contributed by atoms with Crippen molar-refractivity contribution >= 4 is 71.0 Å². The fraction of sp³-hybridized carbons (Fsp3) is 0.343. The van der Waals surface area contributed by atoms with E-state index in [-0.39, 0.29) is 40.7 Å². The SMILES string of the molecule is C=Cc1c2[n-]c(c1C)/C=C1\[N-]/C(=C3\c4[n-]c(c(C)c4C(=O)[C@@H]3C(=O)OC)/C=c3\[n-]/c(c(C=O)c3CC)=C\2)[C@@H](CCC)[C@@H]1C.[Mg+2]. The van der Waals surface area contributed by atoms with Crippen LogP contribution >= 0.6 is 0 Å². The molecule has 0 radical (unpaired) electrons. The molecule has 3 aliphatic rings. The number of carbonyl (C=O) groups excluding carboxylic acids is 3. The molecule has 1 fully saturated rings. The maximum absolute atomic E-state index is 14.0. The van der Waals surface area contributed by atoms with Gasteiger partial charge >= 0.3 is 29.0 Å². The van der Waals surface area contributed by atoms with E-state index in [0.29, 0.717) is 62.2 Å². The Morgan fingerprint density at radius 3 is 2.34 bits per heavy atom. The Bertz CT molecular complexity index is 1910. The van der Waals surface area contributed by atoms with Crippen LogP contribution in [0.5, 0.6) is 0 Å². The van der Waals surface area contributed by atoms with Gasteiger partial charge in [0.15, 0.2) is 5.78 Å². The predicted molar refractivity (Wildman–Crippen MR) is 171 cm³/mol. The van der Waals surface area contributed by atoms with Gasteiger partial charge in [-0.2, -0.15) is 11.4 Å². The second-order valence-corrected chi connectivity index (χ2v) is 11.5. The molecule has 8 bridgehead atoms. The number of nitrogens with zero attached hydrogens (tertiary/aromatic N) is 4. The van der Waals surface area contributed by atoms with Crippen molar-refractivity contribution in [3.8, 4) is 0 Å². The van der Waals surface area contributed by atoms with Gasteiger partial charge < -0.3 is 25.0 Å². The maximum atomic E-state index is 14.0. The van der Waals surface area contributed by atoms with Gasteiger partial charge in [-0.25, -0.2) is 0 Å². The van der Waals surface area contributed by atoms with E-state index < -0.39 is 11.9 Å². The van der Waals surface area contributed by atoms with Crippen molar-refractivity contribution in [2.45, 2.75) is 53.9 Å². The molecule has 6 rings (SSSR count). The number of fused-ring (bicyclic) bond motifs is 7. The van der Waals surface area contributed by atoms with E-state index in [1.807, 2.05) is 39.0 Å². The minimum atomic E-state index is -1.12. The predicted octanol–water partition coefficient (Wildman–Crippen LogP) is 3.96. The van der Waals surface area contributed by atoms with Gasteiger partial charge in [0.25, 0.3) is 0 Å². The van der Waals surface area contributed by atoms with E-state index >= 15 is 0 Å². The van der Waals surface area contributed by atoms with Gasteiger partial charge in [-0.3, -0.25) is 14.4 Å². The zero-order valence-electron chi connectivity index (χ0n) is 26.1. The van der Waals surface area contributed by atoms with Crippen molar-refractivity contribution in [2.24, 2.45) is 17.8 Å². The van der Waals surface area contributed by atoms with Crippen LogP contribution < -0.4 is 25.7 Å². The molecule has 0 unspecified atom stereocenters. The smallest absolute Gasteiger partial charge is 0.664 e. The number of allylic oxidation sites excluding steroid dienone is 2. The molecule has 1 saturated heterocycles. The summed E-state index contributed by atoms with van der Waals surface area (Å²) in [4.78, 5) is 54.3. The van der Waals surface area contributed by atoms with Crippen molar-refractivity contribution in [1.82, 2.24) is 15.0 Å². The van der Waals surface area contributed by atoms with E-state index in [4.69, 9.17) is 25.0 Å². The summed E-state index contributed by atoms with van der Waals surface area (Å²) in [6.45, 7) is 14.1. The quantitative estimate of drug-likeness (QED) is 0.182. The number of carbonyl (C=O) groups is 3. The van der Waals surface area contributed by atoms with E-state index in [1.54, 1.807) is 6.08 Å². The first-order chi connectivity index (χ1) is 20.7. The summed E-state index contributed by atoms with van der Waals surface area (Å²) in [7, 11) is 1.30. The fourth-order valence-corrected chi connectivity index (χ4v) is 6.91. The molecule has 3 aromatic heterocycles. The Kier molecular flexibility index (Phi) is 8.57.